The highest BCUT2D eigenvalue weighted by Crippen LogP contribution is 2.33. The van der Waals surface area contributed by atoms with Crippen molar-refractivity contribution in [1.29, 1.82) is 0 Å². The second kappa shape index (κ2) is 6.15. The van der Waals surface area contributed by atoms with Crippen LogP contribution in [0.2, 0.25) is 0 Å². The van der Waals surface area contributed by atoms with E-state index in [1.807, 2.05) is 12.3 Å². The molecule has 1 heterocycles. The Kier molecular flexibility index (Phi) is 4.54. The highest BCUT2D eigenvalue weighted by molar-refractivity contribution is 7.09. The van der Waals surface area contributed by atoms with Gasteiger partial charge in [-0.3, -0.25) is 0 Å². The number of hydrogen-bond acceptors (Lipinski definition) is 4. The second-order valence-electron chi connectivity index (χ2n) is 4.48. The molecule has 3 nitrogen and oxygen atoms in total. The maximum Gasteiger partial charge on any atom is 0.357 e. The highest BCUT2D eigenvalue weighted by atomic mass is 32.1. The molecule has 0 saturated heterocycles. The molecule has 2 rings (SSSR count). The zero-order chi connectivity index (χ0) is 12.1. The van der Waals surface area contributed by atoms with Crippen LogP contribution in [0.1, 0.15) is 66.9 Å². The number of hydrogen-bond donors (Lipinski definition) is 0. The van der Waals surface area contributed by atoms with E-state index >= 15 is 0 Å². The van der Waals surface area contributed by atoms with Gasteiger partial charge in [-0.05, 0) is 19.8 Å². The van der Waals surface area contributed by atoms with Crippen molar-refractivity contribution < 1.29 is 9.53 Å². The van der Waals surface area contributed by atoms with Crippen LogP contribution in [0.3, 0.4) is 0 Å². The molecule has 0 amide bonds. The molecule has 1 saturated carbocycles. The number of thiazole rings is 1. The molecule has 1 aliphatic rings. The molecule has 1 aromatic heterocycles. The van der Waals surface area contributed by atoms with Crippen molar-refractivity contribution in [2.75, 3.05) is 6.61 Å². The lowest BCUT2D eigenvalue weighted by molar-refractivity contribution is 0.0520. The normalized spacial score (nSPS) is 17.7. The van der Waals surface area contributed by atoms with Crippen LogP contribution in [0.5, 0.6) is 0 Å². The van der Waals surface area contributed by atoms with Gasteiger partial charge in [0.2, 0.25) is 0 Å². The Hall–Kier alpha value is -0.900. The van der Waals surface area contributed by atoms with E-state index in [1.54, 1.807) is 11.3 Å². The Morgan fingerprint density at radius 3 is 2.76 bits per heavy atom. The minimum Gasteiger partial charge on any atom is -0.461 e. The number of carbonyl (C=O) groups is 1. The fraction of sp³-hybridized carbons (Fsp3) is 0.692. The Labute approximate surface area is 106 Å². The topological polar surface area (TPSA) is 39.2 Å². The molecule has 0 N–H and O–H groups in total. The Morgan fingerprint density at radius 2 is 2.12 bits per heavy atom. The van der Waals surface area contributed by atoms with Crippen LogP contribution < -0.4 is 0 Å². The van der Waals surface area contributed by atoms with Crippen molar-refractivity contribution in [2.45, 2.75) is 51.4 Å². The van der Waals surface area contributed by atoms with Gasteiger partial charge in [-0.25, -0.2) is 9.78 Å². The van der Waals surface area contributed by atoms with Crippen LogP contribution in [0.25, 0.3) is 0 Å². The number of rotatable bonds is 3. The molecular formula is C13H19NO2S. The molecule has 0 unspecified atom stereocenters. The van der Waals surface area contributed by atoms with Crippen molar-refractivity contribution in [2.24, 2.45) is 0 Å². The lowest BCUT2D eigenvalue weighted by atomic mass is 10.0. The Morgan fingerprint density at radius 1 is 1.41 bits per heavy atom. The Balaban J connectivity index is 2.03. The number of carbonyl (C=O) groups excluding carboxylic acids is 1. The van der Waals surface area contributed by atoms with Gasteiger partial charge < -0.3 is 4.74 Å². The molecule has 4 heteroatoms. The lowest BCUT2D eigenvalue weighted by Crippen LogP contribution is -2.06. The molecule has 1 aromatic rings. The van der Waals surface area contributed by atoms with E-state index in [9.17, 15) is 4.79 Å². The monoisotopic (exact) mass is 253 g/mol. The first kappa shape index (κ1) is 12.6. The average molecular weight is 253 g/mol. The van der Waals surface area contributed by atoms with Crippen molar-refractivity contribution in [3.8, 4) is 0 Å². The second-order valence-corrected chi connectivity index (χ2v) is 5.37. The summed E-state index contributed by atoms with van der Waals surface area (Å²) >= 11 is 1.61. The van der Waals surface area contributed by atoms with E-state index < -0.39 is 0 Å². The van der Waals surface area contributed by atoms with E-state index in [-0.39, 0.29) is 5.97 Å². The third-order valence-electron chi connectivity index (χ3n) is 3.21. The summed E-state index contributed by atoms with van der Waals surface area (Å²) in [5.74, 6) is 0.272. The summed E-state index contributed by atoms with van der Waals surface area (Å²) in [5.41, 5.74) is 0.482. The fourth-order valence-corrected chi connectivity index (χ4v) is 3.26. The molecule has 0 radical (unpaired) electrons. The predicted octanol–water partition coefficient (Wildman–Crippen LogP) is 3.76. The van der Waals surface area contributed by atoms with E-state index in [0.717, 1.165) is 5.01 Å². The van der Waals surface area contributed by atoms with Gasteiger partial charge in [0.05, 0.1) is 11.6 Å². The SMILES string of the molecule is CCOC(=O)c1csc(C2CCCCCC2)n1. The molecule has 0 spiro atoms. The Bertz CT molecular complexity index is 367. The van der Waals surface area contributed by atoms with Crippen molar-refractivity contribution in [3.05, 3.63) is 16.1 Å². The first-order valence-corrected chi connectivity index (χ1v) is 7.31. The summed E-state index contributed by atoms with van der Waals surface area (Å²) in [6, 6.07) is 0. The zero-order valence-corrected chi connectivity index (χ0v) is 11.1. The van der Waals surface area contributed by atoms with Gasteiger partial charge in [0.15, 0.2) is 5.69 Å². The largest absolute Gasteiger partial charge is 0.461 e. The van der Waals surface area contributed by atoms with Crippen LogP contribution in [0.15, 0.2) is 5.38 Å². The van der Waals surface area contributed by atoms with Crippen LogP contribution in [-0.2, 0) is 4.74 Å². The minimum absolute atomic E-state index is 0.288. The third kappa shape index (κ3) is 3.28. The summed E-state index contributed by atoms with van der Waals surface area (Å²) in [4.78, 5) is 16.0. The molecular weight excluding hydrogens is 234 g/mol. The first-order valence-electron chi connectivity index (χ1n) is 6.43. The van der Waals surface area contributed by atoms with Gasteiger partial charge in [-0.15, -0.1) is 11.3 Å². The van der Waals surface area contributed by atoms with Gasteiger partial charge in [0, 0.05) is 11.3 Å². The van der Waals surface area contributed by atoms with E-state index in [0.29, 0.717) is 18.2 Å². The molecule has 17 heavy (non-hydrogen) atoms. The fourth-order valence-electron chi connectivity index (χ4n) is 2.30. The van der Waals surface area contributed by atoms with Gasteiger partial charge in [-0.2, -0.15) is 0 Å². The number of esters is 1. The van der Waals surface area contributed by atoms with Crippen LogP contribution in [0.4, 0.5) is 0 Å². The van der Waals surface area contributed by atoms with Gasteiger partial charge in [0.25, 0.3) is 0 Å². The molecule has 0 aromatic carbocycles. The molecule has 94 valence electrons. The van der Waals surface area contributed by atoms with Gasteiger partial charge in [0.1, 0.15) is 0 Å². The summed E-state index contributed by atoms with van der Waals surface area (Å²) in [6.07, 6.45) is 7.70. The predicted molar refractivity (Wildman–Crippen MR) is 68.5 cm³/mol. The molecule has 1 aliphatic carbocycles. The van der Waals surface area contributed by atoms with E-state index in [4.69, 9.17) is 4.74 Å². The molecule has 0 atom stereocenters. The molecule has 0 bridgehead atoms. The van der Waals surface area contributed by atoms with Crippen molar-refractivity contribution >= 4 is 17.3 Å². The zero-order valence-electron chi connectivity index (χ0n) is 10.3. The number of ether oxygens (including phenoxy) is 1. The molecule has 1 fully saturated rings. The van der Waals surface area contributed by atoms with Crippen LogP contribution in [0, 0.1) is 0 Å². The minimum atomic E-state index is -0.288. The van der Waals surface area contributed by atoms with E-state index in [2.05, 4.69) is 4.98 Å². The summed E-state index contributed by atoms with van der Waals surface area (Å²) in [6.45, 7) is 2.23. The third-order valence-corrected chi connectivity index (χ3v) is 4.22. The van der Waals surface area contributed by atoms with Crippen molar-refractivity contribution in [1.82, 2.24) is 4.98 Å². The standard InChI is InChI=1S/C13H19NO2S/c1-2-16-13(15)11-9-17-12(14-11)10-7-5-3-4-6-8-10/h9-10H,2-8H2,1H3. The van der Waals surface area contributed by atoms with E-state index in [1.165, 1.54) is 38.5 Å². The smallest absolute Gasteiger partial charge is 0.357 e. The highest BCUT2D eigenvalue weighted by Gasteiger charge is 2.19. The van der Waals surface area contributed by atoms with Crippen LogP contribution >= 0.6 is 11.3 Å². The summed E-state index contributed by atoms with van der Waals surface area (Å²) in [5, 5.41) is 2.95. The first-order chi connectivity index (χ1) is 8.31. The number of aromatic nitrogens is 1. The summed E-state index contributed by atoms with van der Waals surface area (Å²) in [7, 11) is 0. The lowest BCUT2D eigenvalue weighted by Gasteiger charge is -2.09. The van der Waals surface area contributed by atoms with Crippen LogP contribution in [-0.4, -0.2) is 17.6 Å². The number of nitrogens with zero attached hydrogens (tertiary/aromatic N) is 1. The molecule has 0 aliphatic heterocycles. The van der Waals surface area contributed by atoms with Gasteiger partial charge >= 0.3 is 5.97 Å². The summed E-state index contributed by atoms with van der Waals surface area (Å²) < 4.78 is 4.96. The van der Waals surface area contributed by atoms with Crippen molar-refractivity contribution in [3.63, 3.8) is 0 Å². The maximum absolute atomic E-state index is 11.5. The average Bonchev–Trinajstić information content (AvgIpc) is 2.66. The maximum atomic E-state index is 11.5. The van der Waals surface area contributed by atoms with Gasteiger partial charge in [-0.1, -0.05) is 25.7 Å². The quantitative estimate of drug-likeness (QED) is 0.608.